The number of hydroxylamine groups is 2. The number of quaternary nitrogens is 2. The Morgan fingerprint density at radius 3 is 2.04 bits per heavy atom. The Bertz CT molecular complexity index is 411. The molecule has 154 valence electrons. The van der Waals surface area contributed by atoms with Gasteiger partial charge in [0.25, 0.3) is 0 Å². The van der Waals surface area contributed by atoms with Crippen LogP contribution in [-0.4, -0.2) is 60.7 Å². The normalized spacial score (nSPS) is 23.6. The largest absolute Gasteiger partial charge is 0.543 e. The summed E-state index contributed by atoms with van der Waals surface area (Å²) in [5, 5.41) is 29.8. The molecule has 1 heterocycles. The molecule has 1 fully saturated rings. The van der Waals surface area contributed by atoms with E-state index < -0.39 is 11.9 Å². The molecule has 0 unspecified atom stereocenters. The summed E-state index contributed by atoms with van der Waals surface area (Å²) in [6.45, 7) is 13.5. The number of carbonyl (C=O) groups excluding carboxylic acids is 2. The van der Waals surface area contributed by atoms with E-state index in [9.17, 15) is 0 Å². The predicted molar refractivity (Wildman–Crippen MR) is 88.2 cm³/mol. The molecule has 1 aliphatic heterocycles. The van der Waals surface area contributed by atoms with Crippen LogP contribution in [0.25, 0.3) is 0 Å². The monoisotopic (exact) mass is 378 g/mol. The van der Waals surface area contributed by atoms with E-state index in [0.29, 0.717) is 19.4 Å². The van der Waals surface area contributed by atoms with Gasteiger partial charge in [-0.1, -0.05) is 6.92 Å². The van der Waals surface area contributed by atoms with Crippen LogP contribution >= 0.6 is 0 Å². The molecule has 9 heteroatoms. The summed E-state index contributed by atoms with van der Waals surface area (Å²) in [7, 11) is 0. The third-order valence-electron chi connectivity index (χ3n) is 4.11. The fraction of sp³-hybridized carbons (Fsp3) is 0.882. The molecule has 26 heavy (non-hydrogen) atoms. The highest BCUT2D eigenvalue weighted by molar-refractivity contribution is 6.25. The van der Waals surface area contributed by atoms with Crippen LogP contribution < -0.4 is 20.6 Å². The van der Waals surface area contributed by atoms with E-state index in [1.807, 2.05) is 5.32 Å². The fourth-order valence-electron chi connectivity index (χ4n) is 3.42. The maximum absolute atomic E-state index is 8.93. The molecule has 0 amide bonds. The summed E-state index contributed by atoms with van der Waals surface area (Å²) in [5.41, 5.74) is 0.0699. The van der Waals surface area contributed by atoms with Crippen LogP contribution in [-0.2, 0) is 19.2 Å². The second kappa shape index (κ2) is 11.5. The van der Waals surface area contributed by atoms with Crippen LogP contribution in [0.2, 0.25) is 0 Å². The second-order valence-corrected chi connectivity index (χ2v) is 7.68. The van der Waals surface area contributed by atoms with Crippen LogP contribution in [0.5, 0.6) is 0 Å². The van der Waals surface area contributed by atoms with Gasteiger partial charge in [0, 0.05) is 19.4 Å². The first-order valence-electron chi connectivity index (χ1n) is 8.95. The van der Waals surface area contributed by atoms with E-state index in [1.54, 1.807) is 0 Å². The first-order valence-corrected chi connectivity index (χ1v) is 8.95. The van der Waals surface area contributed by atoms with Gasteiger partial charge in [0.05, 0.1) is 24.6 Å². The molecule has 0 atom stereocenters. The molecular weight excluding hydrogens is 344 g/mol. The third-order valence-corrected chi connectivity index (χ3v) is 4.11. The molecule has 0 aliphatic carbocycles. The molecular formula is C17H34N2O7. The van der Waals surface area contributed by atoms with Crippen molar-refractivity contribution in [1.82, 2.24) is 0 Å². The van der Waals surface area contributed by atoms with Crippen molar-refractivity contribution in [3.8, 4) is 0 Å². The van der Waals surface area contributed by atoms with Crippen molar-refractivity contribution in [3.05, 3.63) is 0 Å². The minimum Gasteiger partial charge on any atom is -0.543 e. The summed E-state index contributed by atoms with van der Waals surface area (Å²) in [5.74, 6) is -4.37. The van der Waals surface area contributed by atoms with Crippen LogP contribution in [0.15, 0.2) is 0 Å². The molecule has 0 aromatic rings. The molecule has 4 N–H and O–H groups in total. The molecule has 0 spiro atoms. The van der Waals surface area contributed by atoms with Gasteiger partial charge in [-0.25, -0.2) is 0 Å². The van der Waals surface area contributed by atoms with Crippen LogP contribution in [0, 0.1) is 0 Å². The van der Waals surface area contributed by atoms with E-state index >= 15 is 0 Å². The van der Waals surface area contributed by atoms with E-state index in [0.717, 1.165) is 25.9 Å². The minimum absolute atomic E-state index is 0.0349. The van der Waals surface area contributed by atoms with Gasteiger partial charge in [-0.2, -0.15) is 5.06 Å². The molecule has 1 aliphatic rings. The number of nitrogens with two attached hydrogens (primary N) is 1. The van der Waals surface area contributed by atoms with Crippen LogP contribution in [0.4, 0.5) is 0 Å². The summed E-state index contributed by atoms with van der Waals surface area (Å²) < 4.78 is 5.98. The number of carbonyl (C=O) groups is 2. The van der Waals surface area contributed by atoms with Gasteiger partial charge in [0.1, 0.15) is 17.6 Å². The van der Waals surface area contributed by atoms with Crippen molar-refractivity contribution in [2.24, 2.45) is 0 Å². The number of aliphatic hydroxyl groups is 1. The summed E-state index contributed by atoms with van der Waals surface area (Å²) in [6, 6.07) is 0. The lowest BCUT2D eigenvalue weighted by Gasteiger charge is -2.48. The van der Waals surface area contributed by atoms with Crippen molar-refractivity contribution in [2.45, 2.75) is 71.1 Å². The first-order chi connectivity index (χ1) is 12.0. The Morgan fingerprint density at radius 2 is 1.65 bits per heavy atom. The van der Waals surface area contributed by atoms with Crippen molar-refractivity contribution in [2.75, 3.05) is 26.5 Å². The maximum atomic E-state index is 8.93. The number of rotatable bonds is 8. The van der Waals surface area contributed by atoms with Gasteiger partial charge in [-0.15, -0.1) is 4.84 Å². The molecule has 0 saturated carbocycles. The Hall–Kier alpha value is -1.26. The van der Waals surface area contributed by atoms with Gasteiger partial charge in [0.15, 0.2) is 0 Å². The number of aliphatic hydroxyl groups excluding tert-OH is 1. The van der Waals surface area contributed by atoms with E-state index in [4.69, 9.17) is 34.5 Å². The molecule has 1 saturated heterocycles. The van der Waals surface area contributed by atoms with Crippen molar-refractivity contribution < 1.29 is 44.9 Å². The number of carboxylic acid groups (broad SMARTS) is 2. The maximum Gasteiger partial charge on any atom is 0.232 e. The number of aliphatic carboxylic acids is 2. The molecule has 0 aromatic heterocycles. The lowest BCUT2D eigenvalue weighted by atomic mass is 9.80. The quantitative estimate of drug-likeness (QED) is 0.222. The van der Waals surface area contributed by atoms with Crippen LogP contribution in [0.1, 0.15) is 53.9 Å². The van der Waals surface area contributed by atoms with Crippen molar-refractivity contribution in [3.63, 3.8) is 0 Å². The predicted octanol–water partition coefficient (Wildman–Crippen LogP) is -4.05. The van der Waals surface area contributed by atoms with E-state index in [-0.39, 0.29) is 17.7 Å². The second-order valence-electron chi connectivity index (χ2n) is 7.68. The van der Waals surface area contributed by atoms with Gasteiger partial charge < -0.3 is 35.0 Å². The number of ether oxygens (including phenoxy) is 1. The van der Waals surface area contributed by atoms with Crippen molar-refractivity contribution in [1.29, 1.82) is 0 Å². The lowest BCUT2D eigenvalue weighted by molar-refractivity contribution is -1.18. The Morgan fingerprint density at radius 1 is 1.15 bits per heavy atom. The van der Waals surface area contributed by atoms with Crippen LogP contribution in [0.3, 0.4) is 0 Å². The first kappa shape index (κ1) is 24.7. The zero-order chi connectivity index (χ0) is 20.4. The van der Waals surface area contributed by atoms with Gasteiger partial charge in [-0.3, -0.25) is 0 Å². The SMILES string of the molecule is CCCOC1CC(C)(C)[NH+](OC[NH2+]CCO)C(C)(C)C1.O=C([O-])C(=O)[O-]. The number of hydrogen-bond donors (Lipinski definition) is 3. The average molecular weight is 378 g/mol. The number of piperidine rings is 1. The number of hydrogen-bond acceptors (Lipinski definition) is 7. The summed E-state index contributed by atoms with van der Waals surface area (Å²) >= 11 is 0. The molecule has 9 nitrogen and oxygen atoms in total. The molecule has 1 rings (SSSR count). The smallest absolute Gasteiger partial charge is 0.232 e. The minimum atomic E-state index is -2.19. The van der Waals surface area contributed by atoms with Gasteiger partial charge >= 0.3 is 0 Å². The fourth-order valence-corrected chi connectivity index (χ4v) is 3.42. The van der Waals surface area contributed by atoms with Crippen molar-refractivity contribution >= 4 is 11.9 Å². The summed E-state index contributed by atoms with van der Waals surface area (Å²) in [6.07, 6.45) is 3.44. The third kappa shape index (κ3) is 8.91. The summed E-state index contributed by atoms with van der Waals surface area (Å²) in [4.78, 5) is 23.9. The van der Waals surface area contributed by atoms with Gasteiger partial charge in [-0.05, 0) is 34.1 Å². The Labute approximate surface area is 155 Å². The molecule has 0 bridgehead atoms. The molecule has 0 aromatic carbocycles. The number of carboxylic acids is 2. The highest BCUT2D eigenvalue weighted by Gasteiger charge is 2.51. The zero-order valence-electron chi connectivity index (χ0n) is 16.5. The Balaban J connectivity index is 0.000000896. The lowest BCUT2D eigenvalue weighted by Crippen LogP contribution is -3.27. The van der Waals surface area contributed by atoms with E-state index in [2.05, 4.69) is 34.6 Å². The topological polar surface area (TPSA) is 140 Å². The van der Waals surface area contributed by atoms with E-state index in [1.165, 1.54) is 5.06 Å². The Kier molecular flexibility index (Phi) is 10.9. The molecule has 0 radical (unpaired) electrons. The highest BCUT2D eigenvalue weighted by atomic mass is 16.7. The highest BCUT2D eigenvalue weighted by Crippen LogP contribution is 2.26. The number of nitrogens with one attached hydrogen (secondary N) is 1. The van der Waals surface area contributed by atoms with Gasteiger partial charge in [0.2, 0.25) is 6.73 Å². The zero-order valence-corrected chi connectivity index (χ0v) is 16.5. The standard InChI is InChI=1S/C15H32N2O3.C2H2O4/c1-6-9-19-13-10-14(2,3)17(15(4,5)11-13)20-12-16-7-8-18;3-1(4)2(5)6/h13,16,18H,6-12H2,1-5H3;(H,3,4)(H,5,6). The average Bonchev–Trinajstić information content (AvgIpc) is 2.50.